The Kier molecular flexibility index (Phi) is 6.75. The SMILES string of the molecule is CN1CCN(c2ccccc2CNC(=O)C2CCN(c3ccc(Cl)cn3)CC2)CC1. The van der Waals surface area contributed by atoms with Crippen molar-refractivity contribution in [3.63, 3.8) is 0 Å². The first-order valence-corrected chi connectivity index (χ1v) is 11.1. The number of pyridine rings is 1. The summed E-state index contributed by atoms with van der Waals surface area (Å²) in [5.74, 6) is 1.15. The van der Waals surface area contributed by atoms with Crippen molar-refractivity contribution in [2.75, 3.05) is 56.1 Å². The molecule has 0 unspecified atom stereocenters. The van der Waals surface area contributed by atoms with Gasteiger partial charge in [0, 0.05) is 63.6 Å². The van der Waals surface area contributed by atoms with E-state index in [1.165, 1.54) is 11.3 Å². The van der Waals surface area contributed by atoms with Crippen molar-refractivity contribution in [2.24, 2.45) is 5.92 Å². The summed E-state index contributed by atoms with van der Waals surface area (Å²) < 4.78 is 0. The zero-order valence-corrected chi connectivity index (χ0v) is 18.3. The van der Waals surface area contributed by atoms with E-state index in [0.29, 0.717) is 11.6 Å². The summed E-state index contributed by atoms with van der Waals surface area (Å²) in [6, 6.07) is 12.2. The average molecular weight is 428 g/mol. The maximum atomic E-state index is 12.8. The van der Waals surface area contributed by atoms with Crippen molar-refractivity contribution in [3.05, 3.63) is 53.2 Å². The Morgan fingerprint density at radius 2 is 1.77 bits per heavy atom. The Morgan fingerprint density at radius 1 is 1.03 bits per heavy atom. The van der Waals surface area contributed by atoms with E-state index in [0.717, 1.165) is 57.9 Å². The van der Waals surface area contributed by atoms with Crippen molar-refractivity contribution >= 4 is 29.0 Å². The van der Waals surface area contributed by atoms with Crippen molar-refractivity contribution in [1.29, 1.82) is 0 Å². The van der Waals surface area contributed by atoms with Gasteiger partial charge in [-0.05, 0) is 43.7 Å². The van der Waals surface area contributed by atoms with Gasteiger partial charge in [0.25, 0.3) is 0 Å². The summed E-state index contributed by atoms with van der Waals surface area (Å²) in [6.45, 7) is 6.45. The third kappa shape index (κ3) is 5.05. The lowest BCUT2D eigenvalue weighted by molar-refractivity contribution is -0.125. The third-order valence-electron chi connectivity index (χ3n) is 6.19. The fourth-order valence-electron chi connectivity index (χ4n) is 4.27. The first-order valence-electron chi connectivity index (χ1n) is 10.8. The molecular formula is C23H30ClN5O. The zero-order valence-electron chi connectivity index (χ0n) is 17.6. The van der Waals surface area contributed by atoms with Gasteiger partial charge in [0.05, 0.1) is 5.02 Å². The number of carbonyl (C=O) groups is 1. The molecule has 0 radical (unpaired) electrons. The Bertz CT molecular complexity index is 843. The number of nitrogens with one attached hydrogen (secondary N) is 1. The number of halogens is 1. The number of para-hydroxylation sites is 1. The lowest BCUT2D eigenvalue weighted by Crippen LogP contribution is -2.45. The number of aromatic nitrogens is 1. The summed E-state index contributed by atoms with van der Waals surface area (Å²) in [7, 11) is 2.16. The van der Waals surface area contributed by atoms with Crippen LogP contribution in [0.3, 0.4) is 0 Å². The summed E-state index contributed by atoms with van der Waals surface area (Å²) in [4.78, 5) is 24.2. The molecule has 0 saturated carbocycles. The average Bonchev–Trinajstić information content (AvgIpc) is 2.79. The van der Waals surface area contributed by atoms with Crippen LogP contribution in [0.15, 0.2) is 42.6 Å². The summed E-state index contributed by atoms with van der Waals surface area (Å²) in [6.07, 6.45) is 3.36. The molecule has 7 heteroatoms. The standard InChI is InChI=1S/C23H30ClN5O/c1-27-12-14-28(15-13-27)21-5-3-2-4-19(21)16-26-23(30)18-8-10-29(11-9-18)22-7-6-20(24)17-25-22/h2-7,17-18H,8-16H2,1H3,(H,26,30). The molecule has 2 aromatic rings. The smallest absolute Gasteiger partial charge is 0.223 e. The minimum Gasteiger partial charge on any atom is -0.369 e. The van der Waals surface area contributed by atoms with Crippen LogP contribution < -0.4 is 15.1 Å². The van der Waals surface area contributed by atoms with Gasteiger partial charge in [-0.25, -0.2) is 4.98 Å². The van der Waals surface area contributed by atoms with E-state index < -0.39 is 0 Å². The number of hydrogen-bond acceptors (Lipinski definition) is 5. The first kappa shape index (κ1) is 20.9. The maximum Gasteiger partial charge on any atom is 0.223 e. The number of rotatable bonds is 5. The Balaban J connectivity index is 1.30. The Labute approximate surface area is 183 Å². The number of likely N-dealkylation sites (N-methyl/N-ethyl adjacent to an activating group) is 1. The van der Waals surface area contributed by atoms with Crippen molar-refractivity contribution in [3.8, 4) is 0 Å². The van der Waals surface area contributed by atoms with Gasteiger partial charge >= 0.3 is 0 Å². The van der Waals surface area contributed by atoms with Crippen LogP contribution in [0.1, 0.15) is 18.4 Å². The van der Waals surface area contributed by atoms with Gasteiger partial charge in [-0.1, -0.05) is 29.8 Å². The second-order valence-corrected chi connectivity index (χ2v) is 8.67. The highest BCUT2D eigenvalue weighted by Gasteiger charge is 2.26. The van der Waals surface area contributed by atoms with Gasteiger partial charge in [-0.15, -0.1) is 0 Å². The van der Waals surface area contributed by atoms with Gasteiger partial charge in [0.2, 0.25) is 5.91 Å². The molecule has 1 aromatic carbocycles. The van der Waals surface area contributed by atoms with Gasteiger partial charge in [0.1, 0.15) is 5.82 Å². The molecule has 2 aliphatic heterocycles. The highest BCUT2D eigenvalue weighted by Crippen LogP contribution is 2.24. The molecule has 0 spiro atoms. The van der Waals surface area contributed by atoms with Crippen LogP contribution in [0.4, 0.5) is 11.5 Å². The fraction of sp³-hybridized carbons (Fsp3) is 0.478. The number of anilines is 2. The molecule has 3 heterocycles. The van der Waals surface area contributed by atoms with E-state index >= 15 is 0 Å². The van der Waals surface area contributed by atoms with Gasteiger partial charge in [-0.3, -0.25) is 4.79 Å². The predicted molar refractivity (Wildman–Crippen MR) is 122 cm³/mol. The molecule has 2 aliphatic rings. The van der Waals surface area contributed by atoms with Gasteiger partial charge < -0.3 is 20.0 Å². The predicted octanol–water partition coefficient (Wildman–Crippen LogP) is 3.02. The number of carbonyl (C=O) groups excluding carboxylic acids is 1. The number of benzene rings is 1. The highest BCUT2D eigenvalue weighted by atomic mass is 35.5. The maximum absolute atomic E-state index is 12.8. The topological polar surface area (TPSA) is 51.7 Å². The van der Waals surface area contributed by atoms with E-state index in [-0.39, 0.29) is 11.8 Å². The molecule has 2 fully saturated rings. The Morgan fingerprint density at radius 3 is 2.47 bits per heavy atom. The highest BCUT2D eigenvalue weighted by molar-refractivity contribution is 6.30. The molecule has 0 aliphatic carbocycles. The Hall–Kier alpha value is -2.31. The van der Waals surface area contributed by atoms with Gasteiger partial charge in [0.15, 0.2) is 0 Å². The van der Waals surface area contributed by atoms with E-state index in [9.17, 15) is 4.79 Å². The molecule has 2 saturated heterocycles. The normalized spacial score (nSPS) is 18.5. The third-order valence-corrected chi connectivity index (χ3v) is 6.41. The van der Waals surface area contributed by atoms with Crippen molar-refractivity contribution < 1.29 is 4.79 Å². The largest absolute Gasteiger partial charge is 0.369 e. The van der Waals surface area contributed by atoms with Crippen LogP contribution in [-0.2, 0) is 11.3 Å². The minimum absolute atomic E-state index is 0.0596. The molecule has 1 aromatic heterocycles. The molecule has 160 valence electrons. The number of piperazine rings is 1. The molecule has 6 nitrogen and oxygen atoms in total. The van der Waals surface area contributed by atoms with E-state index in [1.807, 2.05) is 12.1 Å². The first-order chi connectivity index (χ1) is 14.6. The van der Waals surface area contributed by atoms with Crippen molar-refractivity contribution in [2.45, 2.75) is 19.4 Å². The number of hydrogen-bond donors (Lipinski definition) is 1. The monoisotopic (exact) mass is 427 g/mol. The van der Waals surface area contributed by atoms with E-state index in [1.54, 1.807) is 6.20 Å². The molecule has 1 amide bonds. The lowest BCUT2D eigenvalue weighted by Gasteiger charge is -2.35. The minimum atomic E-state index is 0.0596. The quantitative estimate of drug-likeness (QED) is 0.794. The molecule has 1 N–H and O–H groups in total. The van der Waals surface area contributed by atoms with Crippen LogP contribution >= 0.6 is 11.6 Å². The fourth-order valence-corrected chi connectivity index (χ4v) is 4.38. The molecule has 0 bridgehead atoms. The zero-order chi connectivity index (χ0) is 20.9. The van der Waals surface area contributed by atoms with Crippen LogP contribution in [-0.4, -0.2) is 62.1 Å². The second kappa shape index (κ2) is 9.67. The van der Waals surface area contributed by atoms with E-state index in [2.05, 4.69) is 56.3 Å². The second-order valence-electron chi connectivity index (χ2n) is 8.23. The number of piperidine rings is 1. The summed E-state index contributed by atoms with van der Waals surface area (Å²) >= 11 is 5.93. The lowest BCUT2D eigenvalue weighted by atomic mass is 9.95. The van der Waals surface area contributed by atoms with Crippen molar-refractivity contribution in [1.82, 2.24) is 15.2 Å². The van der Waals surface area contributed by atoms with Crippen LogP contribution in [0, 0.1) is 5.92 Å². The van der Waals surface area contributed by atoms with Gasteiger partial charge in [-0.2, -0.15) is 0 Å². The number of amides is 1. The van der Waals surface area contributed by atoms with Crippen LogP contribution in [0.25, 0.3) is 0 Å². The molecule has 4 rings (SSSR count). The van der Waals surface area contributed by atoms with Crippen LogP contribution in [0.5, 0.6) is 0 Å². The summed E-state index contributed by atoms with van der Waals surface area (Å²) in [5.41, 5.74) is 2.44. The number of nitrogens with zero attached hydrogens (tertiary/aromatic N) is 4. The molecular weight excluding hydrogens is 398 g/mol. The molecule has 30 heavy (non-hydrogen) atoms. The van der Waals surface area contributed by atoms with E-state index in [4.69, 9.17) is 11.6 Å². The summed E-state index contributed by atoms with van der Waals surface area (Å²) in [5, 5.41) is 3.83. The molecule has 0 atom stereocenters. The van der Waals surface area contributed by atoms with Crippen LogP contribution in [0.2, 0.25) is 5.02 Å².